The second-order valence-electron chi connectivity index (χ2n) is 3.82. The number of nitrogens with one attached hydrogen (secondary N) is 1. The Morgan fingerprint density at radius 1 is 1.42 bits per heavy atom. The Kier molecular flexibility index (Phi) is 3.36. The Labute approximate surface area is 109 Å². The van der Waals surface area contributed by atoms with Crippen LogP contribution >= 0.6 is 0 Å². The molecule has 3 N–H and O–H groups in total. The van der Waals surface area contributed by atoms with Crippen molar-refractivity contribution in [1.82, 2.24) is 5.16 Å². The Balaban J connectivity index is 2.25. The van der Waals surface area contributed by atoms with Crippen molar-refractivity contribution in [3.63, 3.8) is 0 Å². The van der Waals surface area contributed by atoms with E-state index in [4.69, 9.17) is 9.66 Å². The summed E-state index contributed by atoms with van der Waals surface area (Å²) in [5, 5.41) is 11.0. The van der Waals surface area contributed by atoms with Crippen LogP contribution < -0.4 is 10.5 Å². The van der Waals surface area contributed by atoms with Gasteiger partial charge in [-0.3, -0.25) is 4.79 Å². The average Bonchev–Trinajstić information content (AvgIpc) is 2.75. The lowest BCUT2D eigenvalue weighted by Crippen LogP contribution is -2.15. The fourth-order valence-corrected chi connectivity index (χ4v) is 2.03. The normalized spacial score (nSPS) is 11.3. The minimum absolute atomic E-state index is 0.0765. The molecular formula is C11H11N3O4S. The summed E-state index contributed by atoms with van der Waals surface area (Å²) in [4.78, 5) is 11.8. The highest BCUT2D eigenvalue weighted by atomic mass is 32.2. The standard InChI is InChI=1S/C11H11N3O4S/c1-7-10(6-13-18-7)11(15)14-8-3-2-4-9(5-8)19(12,16)17/h2-6H,1H3,(H,14,15)(H2,12,16,17). The van der Waals surface area contributed by atoms with Crippen LogP contribution in [0.5, 0.6) is 0 Å². The predicted octanol–water partition coefficient (Wildman–Crippen LogP) is 0.883. The first-order valence-electron chi connectivity index (χ1n) is 5.23. The third-order valence-electron chi connectivity index (χ3n) is 2.42. The molecule has 0 unspecified atom stereocenters. The van der Waals surface area contributed by atoms with Crippen molar-refractivity contribution in [2.45, 2.75) is 11.8 Å². The number of nitrogens with zero attached hydrogens (tertiary/aromatic N) is 1. The largest absolute Gasteiger partial charge is 0.361 e. The second kappa shape index (κ2) is 4.82. The van der Waals surface area contributed by atoms with Crippen LogP contribution in [0, 0.1) is 6.92 Å². The zero-order chi connectivity index (χ0) is 14.0. The van der Waals surface area contributed by atoms with E-state index in [0.717, 1.165) is 0 Å². The van der Waals surface area contributed by atoms with Crippen molar-refractivity contribution >= 4 is 21.6 Å². The van der Waals surface area contributed by atoms with E-state index in [1.54, 1.807) is 13.0 Å². The molecule has 0 bridgehead atoms. The number of carbonyl (C=O) groups is 1. The molecule has 2 aromatic rings. The topological polar surface area (TPSA) is 115 Å². The number of rotatable bonds is 3. The summed E-state index contributed by atoms with van der Waals surface area (Å²) < 4.78 is 27.2. The van der Waals surface area contributed by atoms with Crippen LogP contribution in [0.1, 0.15) is 16.1 Å². The summed E-state index contributed by atoms with van der Waals surface area (Å²) >= 11 is 0. The van der Waals surface area contributed by atoms with E-state index < -0.39 is 15.9 Å². The lowest BCUT2D eigenvalue weighted by atomic mass is 10.2. The zero-order valence-electron chi connectivity index (χ0n) is 9.95. The van der Waals surface area contributed by atoms with E-state index in [0.29, 0.717) is 11.4 Å². The summed E-state index contributed by atoms with van der Waals surface area (Å²) in [6.45, 7) is 1.60. The van der Waals surface area contributed by atoms with Gasteiger partial charge in [-0.25, -0.2) is 13.6 Å². The number of sulfonamides is 1. The van der Waals surface area contributed by atoms with Crippen LogP contribution in [0.25, 0.3) is 0 Å². The van der Waals surface area contributed by atoms with Gasteiger partial charge in [0, 0.05) is 5.69 Å². The third kappa shape index (κ3) is 2.98. The van der Waals surface area contributed by atoms with Gasteiger partial charge in [-0.2, -0.15) is 0 Å². The van der Waals surface area contributed by atoms with E-state index in [-0.39, 0.29) is 10.5 Å². The maximum Gasteiger partial charge on any atom is 0.260 e. The fraction of sp³-hybridized carbons (Fsp3) is 0.0909. The van der Waals surface area contributed by atoms with E-state index in [2.05, 4.69) is 10.5 Å². The average molecular weight is 281 g/mol. The van der Waals surface area contributed by atoms with Gasteiger partial charge in [0.2, 0.25) is 10.0 Å². The summed E-state index contributed by atoms with van der Waals surface area (Å²) in [7, 11) is -3.81. The number of aryl methyl sites for hydroxylation is 1. The number of carbonyl (C=O) groups excluding carboxylic acids is 1. The molecule has 1 heterocycles. The maximum absolute atomic E-state index is 11.9. The number of aromatic nitrogens is 1. The molecule has 19 heavy (non-hydrogen) atoms. The smallest absolute Gasteiger partial charge is 0.260 e. The van der Waals surface area contributed by atoms with Crippen LogP contribution in [-0.4, -0.2) is 19.5 Å². The molecule has 1 aromatic heterocycles. The van der Waals surface area contributed by atoms with Gasteiger partial charge in [0.25, 0.3) is 5.91 Å². The molecule has 1 amide bonds. The summed E-state index contributed by atoms with van der Waals surface area (Å²) in [6.07, 6.45) is 1.29. The molecule has 7 nitrogen and oxygen atoms in total. The monoisotopic (exact) mass is 281 g/mol. The molecule has 0 aliphatic heterocycles. The number of hydrogen-bond donors (Lipinski definition) is 2. The molecule has 0 saturated carbocycles. The molecule has 0 aliphatic rings. The first-order chi connectivity index (χ1) is 8.88. The van der Waals surface area contributed by atoms with E-state index in [1.165, 1.54) is 24.4 Å². The van der Waals surface area contributed by atoms with Crippen LogP contribution in [0.15, 0.2) is 39.9 Å². The van der Waals surface area contributed by atoms with Gasteiger partial charge in [-0.1, -0.05) is 11.2 Å². The lowest BCUT2D eigenvalue weighted by Gasteiger charge is -2.05. The molecule has 1 aromatic carbocycles. The van der Waals surface area contributed by atoms with Crippen molar-refractivity contribution < 1.29 is 17.7 Å². The van der Waals surface area contributed by atoms with Gasteiger partial charge in [0.1, 0.15) is 11.3 Å². The first-order valence-corrected chi connectivity index (χ1v) is 6.78. The lowest BCUT2D eigenvalue weighted by molar-refractivity contribution is 0.102. The zero-order valence-corrected chi connectivity index (χ0v) is 10.8. The number of anilines is 1. The van der Waals surface area contributed by atoms with Crippen molar-refractivity contribution in [3.05, 3.63) is 41.8 Å². The minimum atomic E-state index is -3.81. The SMILES string of the molecule is Cc1oncc1C(=O)Nc1cccc(S(N)(=O)=O)c1. The highest BCUT2D eigenvalue weighted by Crippen LogP contribution is 2.16. The highest BCUT2D eigenvalue weighted by molar-refractivity contribution is 7.89. The fourth-order valence-electron chi connectivity index (χ4n) is 1.47. The molecule has 0 radical (unpaired) electrons. The van der Waals surface area contributed by atoms with Crippen molar-refractivity contribution in [2.24, 2.45) is 5.14 Å². The number of primary sulfonamides is 1. The Morgan fingerprint density at radius 3 is 2.74 bits per heavy atom. The number of benzene rings is 1. The van der Waals surface area contributed by atoms with Gasteiger partial charge in [-0.15, -0.1) is 0 Å². The Bertz CT molecular complexity index is 721. The molecule has 8 heteroatoms. The molecule has 0 spiro atoms. The van der Waals surface area contributed by atoms with Gasteiger partial charge < -0.3 is 9.84 Å². The molecule has 100 valence electrons. The van der Waals surface area contributed by atoms with Crippen molar-refractivity contribution in [1.29, 1.82) is 0 Å². The highest BCUT2D eigenvalue weighted by Gasteiger charge is 2.14. The minimum Gasteiger partial charge on any atom is -0.361 e. The van der Waals surface area contributed by atoms with Gasteiger partial charge >= 0.3 is 0 Å². The van der Waals surface area contributed by atoms with Crippen LogP contribution in [0.4, 0.5) is 5.69 Å². The van der Waals surface area contributed by atoms with Crippen molar-refractivity contribution in [2.75, 3.05) is 5.32 Å². The third-order valence-corrected chi connectivity index (χ3v) is 3.33. The predicted molar refractivity (Wildman–Crippen MR) is 67.0 cm³/mol. The molecule has 0 fully saturated rings. The van der Waals surface area contributed by atoms with Gasteiger partial charge in [0.05, 0.1) is 11.1 Å². The molecular weight excluding hydrogens is 270 g/mol. The summed E-state index contributed by atoms with van der Waals surface area (Å²) in [5.74, 6) is -0.0644. The van der Waals surface area contributed by atoms with Crippen LogP contribution in [-0.2, 0) is 10.0 Å². The van der Waals surface area contributed by atoms with E-state index in [1.807, 2.05) is 0 Å². The van der Waals surface area contributed by atoms with Crippen molar-refractivity contribution in [3.8, 4) is 0 Å². The van der Waals surface area contributed by atoms with Gasteiger partial charge in [-0.05, 0) is 25.1 Å². The van der Waals surface area contributed by atoms with E-state index in [9.17, 15) is 13.2 Å². The molecule has 2 rings (SSSR count). The Morgan fingerprint density at radius 2 is 2.16 bits per heavy atom. The molecule has 0 aliphatic carbocycles. The summed E-state index contributed by atoms with van der Waals surface area (Å²) in [5.41, 5.74) is 0.595. The summed E-state index contributed by atoms with van der Waals surface area (Å²) in [6, 6.07) is 5.65. The molecule has 0 saturated heterocycles. The quantitative estimate of drug-likeness (QED) is 0.866. The number of amides is 1. The van der Waals surface area contributed by atoms with Gasteiger partial charge in [0.15, 0.2) is 0 Å². The Hall–Kier alpha value is -2.19. The first kappa shape index (κ1) is 13.2. The number of nitrogens with two attached hydrogens (primary N) is 1. The van der Waals surface area contributed by atoms with Crippen LogP contribution in [0.2, 0.25) is 0 Å². The number of hydrogen-bond acceptors (Lipinski definition) is 5. The van der Waals surface area contributed by atoms with E-state index >= 15 is 0 Å². The maximum atomic E-state index is 11.9. The second-order valence-corrected chi connectivity index (χ2v) is 5.38. The molecule has 0 atom stereocenters. The van der Waals surface area contributed by atoms with Crippen LogP contribution in [0.3, 0.4) is 0 Å².